The van der Waals surface area contributed by atoms with E-state index in [1.807, 2.05) is 84.9 Å². The second-order valence-corrected chi connectivity index (χ2v) is 12.7. The highest BCUT2D eigenvalue weighted by atomic mass is 32.1. The van der Waals surface area contributed by atoms with Gasteiger partial charge in [-0.2, -0.15) is 0 Å². The molecule has 2 aromatic heterocycles. The van der Waals surface area contributed by atoms with E-state index in [1.54, 1.807) is 24.5 Å². The molecule has 6 aromatic rings. The van der Waals surface area contributed by atoms with Crippen LogP contribution in [0.25, 0.3) is 34.3 Å². The molecule has 1 atom stereocenters. The summed E-state index contributed by atoms with van der Waals surface area (Å²) in [5, 5.41) is 0. The molecule has 248 valence electrons. The maximum absolute atomic E-state index is 14.6. The van der Waals surface area contributed by atoms with Crippen molar-refractivity contribution in [2.75, 3.05) is 13.2 Å². The van der Waals surface area contributed by atoms with Gasteiger partial charge in [0.2, 0.25) is 0 Å². The molecule has 50 heavy (non-hydrogen) atoms. The van der Waals surface area contributed by atoms with E-state index < -0.39 is 12.0 Å². The fraction of sp³-hybridized carbons (Fsp3) is 0.119. The number of hydrogen-bond donors (Lipinski definition) is 0. The topological polar surface area (TPSA) is 74.8 Å². The van der Waals surface area contributed by atoms with Gasteiger partial charge in [0.1, 0.15) is 12.4 Å². The molecule has 0 saturated carbocycles. The number of carbonyl (C=O) groups excluding carboxylic acids is 1. The van der Waals surface area contributed by atoms with Crippen LogP contribution in [0, 0.1) is 0 Å². The zero-order valence-electron chi connectivity index (χ0n) is 27.8. The van der Waals surface area contributed by atoms with Crippen LogP contribution in [0.5, 0.6) is 5.75 Å². The minimum absolute atomic E-state index is 0.200. The minimum Gasteiger partial charge on any atom is -0.490 e. The molecule has 7 rings (SSSR count). The fourth-order valence-corrected chi connectivity index (χ4v) is 7.39. The first kappa shape index (κ1) is 32.6. The van der Waals surface area contributed by atoms with Gasteiger partial charge in [-0.15, -0.1) is 0 Å². The van der Waals surface area contributed by atoms with Crippen LogP contribution in [-0.4, -0.2) is 28.3 Å². The lowest BCUT2D eigenvalue weighted by molar-refractivity contribution is -0.139. The number of hydrogen-bond acceptors (Lipinski definition) is 6. The van der Waals surface area contributed by atoms with E-state index in [-0.39, 0.29) is 12.2 Å². The summed E-state index contributed by atoms with van der Waals surface area (Å²) >= 11 is 1.31. The Hall–Kier alpha value is -5.99. The van der Waals surface area contributed by atoms with E-state index in [9.17, 15) is 9.59 Å². The summed E-state index contributed by atoms with van der Waals surface area (Å²) in [6, 6.07) is 39.5. The number of para-hydroxylation sites is 1. The van der Waals surface area contributed by atoms with Crippen LogP contribution < -0.4 is 19.6 Å². The van der Waals surface area contributed by atoms with Gasteiger partial charge in [0.25, 0.3) is 5.56 Å². The smallest absolute Gasteiger partial charge is 0.338 e. The maximum Gasteiger partial charge on any atom is 0.338 e. The highest BCUT2D eigenvalue weighted by Crippen LogP contribution is 2.37. The van der Waals surface area contributed by atoms with E-state index in [0.717, 1.165) is 39.3 Å². The molecule has 0 fully saturated rings. The van der Waals surface area contributed by atoms with Crippen molar-refractivity contribution in [2.45, 2.75) is 19.9 Å². The number of nitrogens with zero attached hydrogens (tertiary/aromatic N) is 3. The molecule has 0 saturated heterocycles. The molecule has 0 spiro atoms. The van der Waals surface area contributed by atoms with Crippen molar-refractivity contribution in [3.63, 3.8) is 0 Å². The number of ether oxygens (including phenoxy) is 2. The molecule has 7 nitrogen and oxygen atoms in total. The SMILES string of the molecule is C=CCOc1ccc([C@@H]2C(C(=O)OCC)=C(C)N=c3s/c(=C\c4cc(-c5ccccc5)n(-c5ccccc5)c4-c4ccccc4)c(=O)n32)cc1. The van der Waals surface area contributed by atoms with Crippen LogP contribution in [0.1, 0.15) is 31.0 Å². The van der Waals surface area contributed by atoms with Crippen LogP contribution in [0.4, 0.5) is 0 Å². The van der Waals surface area contributed by atoms with Crippen LogP contribution in [-0.2, 0) is 9.53 Å². The average molecular weight is 678 g/mol. The van der Waals surface area contributed by atoms with Crippen molar-refractivity contribution in [1.29, 1.82) is 0 Å². The molecule has 0 N–H and O–H groups in total. The number of carbonyl (C=O) groups is 1. The summed E-state index contributed by atoms with van der Waals surface area (Å²) < 4.78 is 15.6. The predicted octanol–water partition coefficient (Wildman–Crippen LogP) is 7.49. The van der Waals surface area contributed by atoms with Crippen molar-refractivity contribution >= 4 is 23.4 Å². The maximum atomic E-state index is 14.6. The first-order chi connectivity index (χ1) is 24.5. The highest BCUT2D eigenvalue weighted by Gasteiger charge is 2.33. The van der Waals surface area contributed by atoms with Gasteiger partial charge >= 0.3 is 5.97 Å². The number of allylic oxidation sites excluding steroid dienone is 1. The Labute approximate surface area is 294 Å². The lowest BCUT2D eigenvalue weighted by atomic mass is 9.96. The summed E-state index contributed by atoms with van der Waals surface area (Å²) in [6.07, 6.45) is 3.63. The molecule has 0 amide bonds. The number of thiazole rings is 1. The predicted molar refractivity (Wildman–Crippen MR) is 199 cm³/mol. The zero-order valence-corrected chi connectivity index (χ0v) is 28.6. The molecule has 4 aromatic carbocycles. The molecule has 0 radical (unpaired) electrons. The van der Waals surface area contributed by atoms with Crippen molar-refractivity contribution in [1.82, 2.24) is 9.13 Å². The Morgan fingerprint density at radius 2 is 1.54 bits per heavy atom. The number of fused-ring (bicyclic) bond motifs is 1. The van der Waals surface area contributed by atoms with Crippen LogP contribution in [0.2, 0.25) is 0 Å². The van der Waals surface area contributed by atoms with E-state index in [4.69, 9.17) is 14.5 Å². The molecular weight excluding hydrogens is 643 g/mol. The van der Waals surface area contributed by atoms with Crippen molar-refractivity contribution in [3.8, 4) is 34.0 Å². The summed E-state index contributed by atoms with van der Waals surface area (Å²) in [7, 11) is 0. The first-order valence-corrected chi connectivity index (χ1v) is 17.3. The number of benzene rings is 4. The summed E-state index contributed by atoms with van der Waals surface area (Å²) in [5.74, 6) is 0.156. The minimum atomic E-state index is -0.733. The molecule has 0 bridgehead atoms. The molecular formula is C42H35N3O4S. The lowest BCUT2D eigenvalue weighted by Crippen LogP contribution is -2.39. The van der Waals surface area contributed by atoms with Crippen molar-refractivity contribution in [3.05, 3.63) is 176 Å². The van der Waals surface area contributed by atoms with Gasteiger partial charge in [0.05, 0.1) is 39.8 Å². The van der Waals surface area contributed by atoms with Gasteiger partial charge < -0.3 is 14.0 Å². The lowest BCUT2D eigenvalue weighted by Gasteiger charge is -2.24. The number of esters is 1. The van der Waals surface area contributed by atoms with Crippen LogP contribution in [0.3, 0.4) is 0 Å². The Morgan fingerprint density at radius 1 is 0.900 bits per heavy atom. The van der Waals surface area contributed by atoms with Gasteiger partial charge in [-0.1, -0.05) is 115 Å². The molecule has 0 unspecified atom stereocenters. The fourth-order valence-electron chi connectivity index (χ4n) is 6.35. The van der Waals surface area contributed by atoms with Gasteiger partial charge in [-0.3, -0.25) is 9.36 Å². The van der Waals surface area contributed by atoms with Crippen LogP contribution in [0.15, 0.2) is 155 Å². The molecule has 3 heterocycles. The molecule has 1 aliphatic heterocycles. The third-order valence-corrected chi connectivity index (χ3v) is 9.51. The largest absolute Gasteiger partial charge is 0.490 e. The highest BCUT2D eigenvalue weighted by molar-refractivity contribution is 7.07. The monoisotopic (exact) mass is 677 g/mol. The van der Waals surface area contributed by atoms with E-state index in [2.05, 4.69) is 53.6 Å². The molecule has 1 aliphatic rings. The first-order valence-electron chi connectivity index (χ1n) is 16.4. The van der Waals surface area contributed by atoms with Crippen molar-refractivity contribution in [2.24, 2.45) is 4.99 Å². The van der Waals surface area contributed by atoms with Gasteiger partial charge in [0, 0.05) is 11.3 Å². The third kappa shape index (κ3) is 6.17. The van der Waals surface area contributed by atoms with E-state index in [0.29, 0.717) is 33.0 Å². The Bertz CT molecular complexity index is 2390. The summed E-state index contributed by atoms with van der Waals surface area (Å²) in [6.45, 7) is 7.83. The van der Waals surface area contributed by atoms with Gasteiger partial charge in [-0.25, -0.2) is 9.79 Å². The average Bonchev–Trinajstić information content (AvgIpc) is 3.68. The second kappa shape index (κ2) is 14.2. The second-order valence-electron chi connectivity index (χ2n) is 11.7. The molecule has 0 aliphatic carbocycles. The van der Waals surface area contributed by atoms with E-state index in [1.165, 1.54) is 11.3 Å². The quantitative estimate of drug-likeness (QED) is 0.111. The Morgan fingerprint density at radius 3 is 2.18 bits per heavy atom. The summed E-state index contributed by atoms with van der Waals surface area (Å²) in [5.41, 5.74) is 7.23. The third-order valence-electron chi connectivity index (χ3n) is 8.53. The van der Waals surface area contributed by atoms with Crippen molar-refractivity contribution < 1.29 is 14.3 Å². The number of aromatic nitrogens is 2. The van der Waals surface area contributed by atoms with Crippen LogP contribution >= 0.6 is 11.3 Å². The van der Waals surface area contributed by atoms with Gasteiger partial charge in [-0.05, 0) is 66.9 Å². The zero-order chi connectivity index (χ0) is 34.6. The standard InChI is InChI=1S/C42H35N3O4S/c1-4-25-49-34-23-21-31(22-24-34)39-37(41(47)48-5-2)28(3)43-42-45(39)40(46)36(50-42)27-32-26-35(29-15-9-6-10-16-29)44(33-19-13-8-14-20-33)38(32)30-17-11-7-12-18-30/h4,6-24,26-27,39H,1,5,25H2,2-3H3/b36-27-/t39-/m1/s1. The normalized spacial score (nSPS) is 14.2. The Kier molecular flexibility index (Phi) is 9.27. The van der Waals surface area contributed by atoms with E-state index >= 15 is 0 Å². The Balaban J connectivity index is 1.47. The molecule has 8 heteroatoms. The van der Waals surface area contributed by atoms with Gasteiger partial charge in [0.15, 0.2) is 4.80 Å². The number of rotatable bonds is 10. The summed E-state index contributed by atoms with van der Waals surface area (Å²) in [4.78, 5) is 33.3.